The lowest BCUT2D eigenvalue weighted by Crippen LogP contribution is -2.09. The zero-order valence-electron chi connectivity index (χ0n) is 11.3. The average Bonchev–Trinajstić information content (AvgIpc) is 2.37. The molecule has 2 nitrogen and oxygen atoms in total. The predicted molar refractivity (Wildman–Crippen MR) is 74.1 cm³/mol. The van der Waals surface area contributed by atoms with Crippen molar-refractivity contribution in [2.45, 2.75) is 44.4 Å². The summed E-state index contributed by atoms with van der Waals surface area (Å²) < 4.78 is 37.9. The first-order valence-corrected chi connectivity index (χ1v) is 6.62. The molecule has 0 aliphatic heterocycles. The van der Waals surface area contributed by atoms with Gasteiger partial charge in [0, 0.05) is 11.3 Å². The number of hydrogen-bond acceptors (Lipinski definition) is 2. The largest absolute Gasteiger partial charge is 0.416 e. The molecule has 0 radical (unpaired) electrons. The number of aliphatic hydroxyl groups is 1. The Kier molecular flexibility index (Phi) is 6.07. The van der Waals surface area contributed by atoms with Crippen molar-refractivity contribution in [1.29, 1.82) is 0 Å². The summed E-state index contributed by atoms with van der Waals surface area (Å²) in [6, 6.07) is 3.05. The molecule has 0 fully saturated rings. The summed E-state index contributed by atoms with van der Waals surface area (Å²) in [6.07, 6.45) is 0.361. The third-order valence-electron chi connectivity index (χ3n) is 3.16. The molecule has 0 aliphatic rings. The Morgan fingerprint density at radius 2 is 1.95 bits per heavy atom. The first-order valence-electron chi connectivity index (χ1n) is 6.62. The molecule has 0 aromatic heterocycles. The van der Waals surface area contributed by atoms with Gasteiger partial charge in [0.25, 0.3) is 0 Å². The van der Waals surface area contributed by atoms with E-state index in [-0.39, 0.29) is 11.3 Å². The Labute approximate surface area is 117 Å². The smallest absolute Gasteiger partial charge is 0.398 e. The minimum atomic E-state index is -4.42. The molecule has 0 saturated heterocycles. The molecule has 0 bridgehead atoms. The lowest BCUT2D eigenvalue weighted by Gasteiger charge is -2.16. The van der Waals surface area contributed by atoms with E-state index in [0.29, 0.717) is 6.42 Å². The molecule has 1 rings (SSSR count). The van der Waals surface area contributed by atoms with E-state index < -0.39 is 17.8 Å². The molecular formula is C15H20F3NO. The van der Waals surface area contributed by atoms with Crippen molar-refractivity contribution in [3.05, 3.63) is 42.0 Å². The average molecular weight is 287 g/mol. The third-order valence-corrected chi connectivity index (χ3v) is 3.16. The number of halogens is 3. The third kappa shape index (κ3) is 4.89. The normalized spacial score (nSPS) is 13.2. The second-order valence-electron chi connectivity index (χ2n) is 4.78. The number of rotatable bonds is 7. The van der Waals surface area contributed by atoms with E-state index in [1.165, 1.54) is 6.07 Å². The molecule has 0 aliphatic carbocycles. The van der Waals surface area contributed by atoms with Crippen LogP contribution in [0.3, 0.4) is 0 Å². The number of allylic oxidation sites excluding steroid dienone is 1. The highest BCUT2D eigenvalue weighted by atomic mass is 19.4. The van der Waals surface area contributed by atoms with Crippen molar-refractivity contribution < 1.29 is 18.3 Å². The first kappa shape index (κ1) is 16.6. The van der Waals surface area contributed by atoms with Gasteiger partial charge in [-0.3, -0.25) is 0 Å². The predicted octanol–water partition coefficient (Wildman–Crippen LogP) is 4.46. The topological polar surface area (TPSA) is 46.2 Å². The summed E-state index contributed by atoms with van der Waals surface area (Å²) in [5.41, 5.74) is 5.21. The Morgan fingerprint density at radius 3 is 2.55 bits per heavy atom. The Bertz CT molecular complexity index is 443. The van der Waals surface area contributed by atoms with Gasteiger partial charge in [0.05, 0.1) is 11.7 Å². The monoisotopic (exact) mass is 287 g/mol. The number of alkyl halides is 3. The number of aliphatic hydroxyl groups excluding tert-OH is 1. The highest BCUT2D eigenvalue weighted by Gasteiger charge is 2.31. The number of benzene rings is 1. The summed E-state index contributed by atoms with van der Waals surface area (Å²) in [7, 11) is 0. The van der Waals surface area contributed by atoms with Crippen LogP contribution in [-0.2, 0) is 6.18 Å². The maximum atomic E-state index is 12.6. The Morgan fingerprint density at radius 1 is 1.25 bits per heavy atom. The molecule has 0 saturated carbocycles. The number of nitrogens with two attached hydrogens (primary N) is 1. The van der Waals surface area contributed by atoms with Gasteiger partial charge in [0.15, 0.2) is 0 Å². The molecule has 5 heteroatoms. The summed E-state index contributed by atoms with van der Waals surface area (Å²) in [5.74, 6) is 0. The fourth-order valence-corrected chi connectivity index (χ4v) is 2.00. The van der Waals surface area contributed by atoms with Crippen LogP contribution in [0, 0.1) is 0 Å². The van der Waals surface area contributed by atoms with Gasteiger partial charge in [-0.1, -0.05) is 18.9 Å². The lowest BCUT2D eigenvalue weighted by molar-refractivity contribution is -0.137. The van der Waals surface area contributed by atoms with E-state index in [9.17, 15) is 18.3 Å². The van der Waals surface area contributed by atoms with E-state index in [1.807, 2.05) is 6.08 Å². The van der Waals surface area contributed by atoms with Crippen LogP contribution in [0.4, 0.5) is 18.9 Å². The molecule has 1 atom stereocenters. The minimum absolute atomic E-state index is 0.156. The van der Waals surface area contributed by atoms with Crippen LogP contribution < -0.4 is 5.73 Å². The van der Waals surface area contributed by atoms with E-state index in [4.69, 9.17) is 5.73 Å². The molecule has 0 heterocycles. The molecule has 0 spiro atoms. The molecular weight excluding hydrogens is 267 g/mol. The molecule has 1 unspecified atom stereocenters. The first-order chi connectivity index (χ1) is 9.36. The number of anilines is 1. The van der Waals surface area contributed by atoms with Gasteiger partial charge >= 0.3 is 6.18 Å². The number of hydrogen-bond donors (Lipinski definition) is 2. The molecule has 0 amide bonds. The Balaban J connectivity index is 2.67. The van der Waals surface area contributed by atoms with E-state index in [1.54, 1.807) is 0 Å². The van der Waals surface area contributed by atoms with E-state index >= 15 is 0 Å². The van der Waals surface area contributed by atoms with Crippen molar-refractivity contribution in [2.24, 2.45) is 0 Å². The summed E-state index contributed by atoms with van der Waals surface area (Å²) >= 11 is 0. The lowest BCUT2D eigenvalue weighted by atomic mass is 9.99. The quantitative estimate of drug-likeness (QED) is 0.442. The van der Waals surface area contributed by atoms with E-state index in [0.717, 1.165) is 37.8 Å². The second kappa shape index (κ2) is 7.33. The van der Waals surface area contributed by atoms with Crippen molar-refractivity contribution in [1.82, 2.24) is 0 Å². The van der Waals surface area contributed by atoms with Crippen LogP contribution in [0.2, 0.25) is 0 Å². The summed E-state index contributed by atoms with van der Waals surface area (Å²) in [6.45, 7) is 3.61. The van der Waals surface area contributed by atoms with Crippen LogP contribution >= 0.6 is 0 Å². The fraction of sp³-hybridized carbons (Fsp3) is 0.467. The Hall–Kier alpha value is -1.49. The maximum absolute atomic E-state index is 12.6. The van der Waals surface area contributed by atoms with Gasteiger partial charge in [0.2, 0.25) is 0 Å². The van der Waals surface area contributed by atoms with Gasteiger partial charge in [-0.25, -0.2) is 0 Å². The molecule has 112 valence electrons. The van der Waals surface area contributed by atoms with Crippen LogP contribution in [0.15, 0.2) is 30.9 Å². The van der Waals surface area contributed by atoms with Crippen molar-refractivity contribution in [2.75, 3.05) is 5.73 Å². The number of nitrogen functional groups attached to an aromatic ring is 1. The maximum Gasteiger partial charge on any atom is 0.416 e. The van der Waals surface area contributed by atoms with Gasteiger partial charge < -0.3 is 10.8 Å². The van der Waals surface area contributed by atoms with Crippen molar-refractivity contribution in [3.8, 4) is 0 Å². The SMILES string of the molecule is C=CCCCCCC(O)c1cc(C(F)(F)F)ccc1N. The van der Waals surface area contributed by atoms with Crippen molar-refractivity contribution in [3.63, 3.8) is 0 Å². The second-order valence-corrected chi connectivity index (χ2v) is 4.78. The summed E-state index contributed by atoms with van der Waals surface area (Å²) in [4.78, 5) is 0. The van der Waals surface area contributed by atoms with Gasteiger partial charge in [-0.2, -0.15) is 13.2 Å². The van der Waals surface area contributed by atoms with Crippen LogP contribution in [0.1, 0.15) is 49.3 Å². The highest BCUT2D eigenvalue weighted by molar-refractivity contribution is 5.50. The van der Waals surface area contributed by atoms with E-state index in [2.05, 4.69) is 6.58 Å². The fourth-order valence-electron chi connectivity index (χ4n) is 2.00. The summed E-state index contributed by atoms with van der Waals surface area (Å²) in [5, 5.41) is 9.98. The van der Waals surface area contributed by atoms with Crippen molar-refractivity contribution >= 4 is 5.69 Å². The van der Waals surface area contributed by atoms with Gasteiger partial charge in [-0.05, 0) is 37.5 Å². The zero-order chi connectivity index (χ0) is 15.2. The molecule has 3 N–H and O–H groups in total. The van der Waals surface area contributed by atoms with Gasteiger partial charge in [0.1, 0.15) is 0 Å². The molecule has 1 aromatic rings. The zero-order valence-corrected chi connectivity index (χ0v) is 11.3. The number of unbranched alkanes of at least 4 members (excludes halogenated alkanes) is 3. The highest BCUT2D eigenvalue weighted by Crippen LogP contribution is 2.34. The minimum Gasteiger partial charge on any atom is -0.398 e. The van der Waals surface area contributed by atoms with Crippen LogP contribution in [-0.4, -0.2) is 5.11 Å². The standard InChI is InChI=1S/C15H20F3NO/c1-2-3-4-5-6-7-14(20)12-10-11(15(16,17)18)8-9-13(12)19/h2,8-10,14,20H,1,3-7,19H2. The molecule has 20 heavy (non-hydrogen) atoms. The van der Waals surface area contributed by atoms with Crippen LogP contribution in [0.25, 0.3) is 0 Å². The molecule has 1 aromatic carbocycles. The van der Waals surface area contributed by atoms with Crippen LogP contribution in [0.5, 0.6) is 0 Å². The van der Waals surface area contributed by atoms with Gasteiger partial charge in [-0.15, -0.1) is 6.58 Å².